The Kier molecular flexibility index (Phi) is 7.38. The van der Waals surface area contributed by atoms with Crippen LogP contribution >= 0.6 is 0 Å². The second-order valence-electron chi connectivity index (χ2n) is 7.58. The standard InChI is InChI=1S/C17H36N2/c1-13(2)8-7-9-19-12-16(10-14(3)4)18-11-17(19)15(5)6/h13-18H,7-12H2,1-6H3. The molecule has 0 bridgehead atoms. The van der Waals surface area contributed by atoms with Gasteiger partial charge in [-0.15, -0.1) is 0 Å². The lowest BCUT2D eigenvalue weighted by molar-refractivity contribution is 0.0895. The van der Waals surface area contributed by atoms with Crippen molar-refractivity contribution in [2.75, 3.05) is 19.6 Å². The van der Waals surface area contributed by atoms with E-state index < -0.39 is 0 Å². The van der Waals surface area contributed by atoms with Crippen molar-refractivity contribution < 1.29 is 0 Å². The molecule has 2 nitrogen and oxygen atoms in total. The third-order valence-electron chi connectivity index (χ3n) is 4.29. The number of hydrogen-bond acceptors (Lipinski definition) is 2. The van der Waals surface area contributed by atoms with Gasteiger partial charge < -0.3 is 5.32 Å². The van der Waals surface area contributed by atoms with Gasteiger partial charge in [0, 0.05) is 25.2 Å². The van der Waals surface area contributed by atoms with Crippen LogP contribution in [0.15, 0.2) is 0 Å². The number of hydrogen-bond donors (Lipinski definition) is 1. The molecule has 0 aromatic rings. The zero-order chi connectivity index (χ0) is 14.4. The first-order chi connectivity index (χ1) is 8.90. The third kappa shape index (κ3) is 6.27. The van der Waals surface area contributed by atoms with Crippen LogP contribution in [0.5, 0.6) is 0 Å². The Morgan fingerprint density at radius 2 is 1.74 bits per heavy atom. The topological polar surface area (TPSA) is 15.3 Å². The average molecular weight is 268 g/mol. The zero-order valence-electron chi connectivity index (χ0n) is 14.1. The summed E-state index contributed by atoms with van der Waals surface area (Å²) < 4.78 is 0. The van der Waals surface area contributed by atoms with Gasteiger partial charge >= 0.3 is 0 Å². The Balaban J connectivity index is 2.47. The van der Waals surface area contributed by atoms with Crippen molar-refractivity contribution in [3.05, 3.63) is 0 Å². The minimum atomic E-state index is 0.703. The van der Waals surface area contributed by atoms with E-state index in [-0.39, 0.29) is 0 Å². The molecule has 1 aliphatic rings. The van der Waals surface area contributed by atoms with E-state index in [0.29, 0.717) is 6.04 Å². The molecule has 0 amide bonds. The SMILES string of the molecule is CC(C)CCCN1CC(CC(C)C)NCC1C(C)C. The van der Waals surface area contributed by atoms with E-state index >= 15 is 0 Å². The van der Waals surface area contributed by atoms with E-state index in [9.17, 15) is 0 Å². The number of nitrogens with zero attached hydrogens (tertiary/aromatic N) is 1. The summed E-state index contributed by atoms with van der Waals surface area (Å²) >= 11 is 0. The predicted molar refractivity (Wildman–Crippen MR) is 85.5 cm³/mol. The van der Waals surface area contributed by atoms with Crippen LogP contribution in [0.2, 0.25) is 0 Å². The molecule has 2 heteroatoms. The summed E-state index contributed by atoms with van der Waals surface area (Å²) in [6, 6.07) is 1.43. The van der Waals surface area contributed by atoms with E-state index in [0.717, 1.165) is 23.8 Å². The molecule has 0 saturated carbocycles. The van der Waals surface area contributed by atoms with Crippen LogP contribution in [0.1, 0.15) is 60.8 Å². The largest absolute Gasteiger partial charge is 0.311 e. The van der Waals surface area contributed by atoms with E-state index in [1.54, 1.807) is 0 Å². The Labute approximate surface area is 121 Å². The number of piperazine rings is 1. The minimum absolute atomic E-state index is 0.703. The van der Waals surface area contributed by atoms with Crippen molar-refractivity contribution in [3.8, 4) is 0 Å². The van der Waals surface area contributed by atoms with Crippen LogP contribution in [-0.2, 0) is 0 Å². The van der Waals surface area contributed by atoms with Crippen molar-refractivity contribution >= 4 is 0 Å². The summed E-state index contributed by atoms with van der Waals surface area (Å²) in [4.78, 5) is 2.76. The molecular formula is C17H36N2. The fraction of sp³-hybridized carbons (Fsp3) is 1.00. The molecule has 1 heterocycles. The van der Waals surface area contributed by atoms with Crippen LogP contribution < -0.4 is 5.32 Å². The van der Waals surface area contributed by atoms with Gasteiger partial charge in [-0.3, -0.25) is 4.90 Å². The van der Waals surface area contributed by atoms with Crippen LogP contribution in [0, 0.1) is 17.8 Å². The molecule has 1 N–H and O–H groups in total. The van der Waals surface area contributed by atoms with Crippen molar-refractivity contribution in [1.29, 1.82) is 0 Å². The maximum atomic E-state index is 3.77. The summed E-state index contributed by atoms with van der Waals surface area (Å²) in [6.45, 7) is 17.8. The molecule has 1 aliphatic heterocycles. The van der Waals surface area contributed by atoms with Crippen molar-refractivity contribution in [1.82, 2.24) is 10.2 Å². The van der Waals surface area contributed by atoms with Gasteiger partial charge in [-0.05, 0) is 43.6 Å². The first kappa shape index (κ1) is 17.0. The molecular weight excluding hydrogens is 232 g/mol. The van der Waals surface area contributed by atoms with Gasteiger partial charge in [-0.2, -0.15) is 0 Å². The lowest BCUT2D eigenvalue weighted by Gasteiger charge is -2.43. The van der Waals surface area contributed by atoms with E-state index in [4.69, 9.17) is 0 Å². The molecule has 114 valence electrons. The molecule has 1 fully saturated rings. The molecule has 2 atom stereocenters. The Bertz CT molecular complexity index is 235. The highest BCUT2D eigenvalue weighted by atomic mass is 15.2. The van der Waals surface area contributed by atoms with Crippen molar-refractivity contribution in [3.63, 3.8) is 0 Å². The highest BCUT2D eigenvalue weighted by Crippen LogP contribution is 2.19. The van der Waals surface area contributed by atoms with E-state index in [2.05, 4.69) is 51.8 Å². The molecule has 2 unspecified atom stereocenters. The lowest BCUT2D eigenvalue weighted by Crippen LogP contribution is -2.58. The van der Waals surface area contributed by atoms with Crippen LogP contribution in [0.4, 0.5) is 0 Å². The Morgan fingerprint density at radius 3 is 2.26 bits per heavy atom. The second-order valence-corrected chi connectivity index (χ2v) is 7.58. The lowest BCUT2D eigenvalue weighted by atomic mass is 9.94. The van der Waals surface area contributed by atoms with Gasteiger partial charge in [0.2, 0.25) is 0 Å². The molecule has 0 aliphatic carbocycles. The number of nitrogens with one attached hydrogen (secondary N) is 1. The van der Waals surface area contributed by atoms with Crippen molar-refractivity contribution in [2.24, 2.45) is 17.8 Å². The van der Waals surface area contributed by atoms with E-state index in [1.807, 2.05) is 0 Å². The average Bonchev–Trinajstić information content (AvgIpc) is 2.27. The fourth-order valence-corrected chi connectivity index (χ4v) is 3.24. The Hall–Kier alpha value is -0.0800. The molecule has 0 radical (unpaired) electrons. The van der Waals surface area contributed by atoms with Crippen LogP contribution in [0.25, 0.3) is 0 Å². The van der Waals surface area contributed by atoms with Crippen LogP contribution in [0.3, 0.4) is 0 Å². The molecule has 0 aromatic carbocycles. The first-order valence-electron chi connectivity index (χ1n) is 8.37. The van der Waals surface area contributed by atoms with Gasteiger partial charge in [0.05, 0.1) is 0 Å². The zero-order valence-corrected chi connectivity index (χ0v) is 14.1. The molecule has 0 spiro atoms. The second kappa shape index (κ2) is 8.26. The summed E-state index contributed by atoms with van der Waals surface area (Å²) in [5, 5.41) is 3.77. The van der Waals surface area contributed by atoms with Gasteiger partial charge in [0.15, 0.2) is 0 Å². The fourth-order valence-electron chi connectivity index (χ4n) is 3.24. The Morgan fingerprint density at radius 1 is 1.05 bits per heavy atom. The minimum Gasteiger partial charge on any atom is -0.311 e. The summed E-state index contributed by atoms with van der Waals surface area (Å²) in [5.74, 6) is 2.39. The highest BCUT2D eigenvalue weighted by Gasteiger charge is 2.29. The summed E-state index contributed by atoms with van der Waals surface area (Å²) in [7, 11) is 0. The number of rotatable bonds is 7. The third-order valence-corrected chi connectivity index (χ3v) is 4.29. The molecule has 19 heavy (non-hydrogen) atoms. The molecule has 1 rings (SSSR count). The van der Waals surface area contributed by atoms with Gasteiger partial charge in [-0.1, -0.05) is 41.5 Å². The first-order valence-corrected chi connectivity index (χ1v) is 8.37. The molecule has 1 saturated heterocycles. The van der Waals surface area contributed by atoms with Gasteiger partial charge in [-0.25, -0.2) is 0 Å². The highest BCUT2D eigenvalue weighted by molar-refractivity contribution is 4.88. The monoisotopic (exact) mass is 268 g/mol. The van der Waals surface area contributed by atoms with Gasteiger partial charge in [0.25, 0.3) is 0 Å². The maximum Gasteiger partial charge on any atom is 0.0244 e. The summed E-state index contributed by atoms with van der Waals surface area (Å²) in [5.41, 5.74) is 0. The predicted octanol–water partition coefficient (Wildman–Crippen LogP) is 3.77. The normalized spacial score (nSPS) is 25.7. The summed E-state index contributed by atoms with van der Waals surface area (Å²) in [6.07, 6.45) is 4.03. The van der Waals surface area contributed by atoms with Crippen molar-refractivity contribution in [2.45, 2.75) is 72.9 Å². The quantitative estimate of drug-likeness (QED) is 0.756. The van der Waals surface area contributed by atoms with Gasteiger partial charge in [0.1, 0.15) is 0 Å². The van der Waals surface area contributed by atoms with Crippen LogP contribution in [-0.4, -0.2) is 36.6 Å². The van der Waals surface area contributed by atoms with E-state index in [1.165, 1.54) is 38.9 Å². The molecule has 0 aromatic heterocycles. The maximum absolute atomic E-state index is 3.77. The smallest absolute Gasteiger partial charge is 0.0244 e.